The lowest BCUT2D eigenvalue weighted by Crippen LogP contribution is -2.37. The number of hydrogen-bond donors (Lipinski definition) is 1. The number of hydrogen-bond acceptors (Lipinski definition) is 8. The number of ketones is 1. The van der Waals surface area contributed by atoms with Crippen molar-refractivity contribution >= 4 is 28.4 Å². The Morgan fingerprint density at radius 1 is 0.951 bits per heavy atom. The number of amides is 1. The maximum atomic E-state index is 13.5. The van der Waals surface area contributed by atoms with Gasteiger partial charge in [0.05, 0.1) is 25.9 Å². The number of carbonyl (C=O) groups excluding carboxylic acids is 2. The Hall–Kier alpha value is -4.73. The summed E-state index contributed by atoms with van der Waals surface area (Å²) in [4.78, 5) is 48.2. The van der Waals surface area contributed by atoms with E-state index >= 15 is 0 Å². The van der Waals surface area contributed by atoms with E-state index in [1.807, 2.05) is 20.8 Å². The summed E-state index contributed by atoms with van der Waals surface area (Å²) in [6.45, 7) is 5.96. The summed E-state index contributed by atoms with van der Waals surface area (Å²) in [6.07, 6.45) is 4.82. The Kier molecular flexibility index (Phi) is 7.74. The molecule has 10 nitrogen and oxygen atoms in total. The van der Waals surface area contributed by atoms with Crippen LogP contribution in [0, 0.1) is 5.92 Å². The average Bonchev–Trinajstić information content (AvgIpc) is 2.97. The van der Waals surface area contributed by atoms with E-state index in [9.17, 15) is 14.4 Å². The molecule has 212 valence electrons. The summed E-state index contributed by atoms with van der Waals surface area (Å²) in [6, 6.07) is 9.79. The van der Waals surface area contributed by atoms with Gasteiger partial charge in [0.2, 0.25) is 0 Å². The lowest BCUT2D eigenvalue weighted by molar-refractivity contribution is 0.0969. The van der Waals surface area contributed by atoms with Gasteiger partial charge < -0.3 is 24.1 Å². The normalized spacial score (nSPS) is 13.6. The number of aromatic nitrogens is 3. The molecule has 1 N–H and O–H groups in total. The SMILES string of the molecule is COc1cc2nccc(Oc3ccc(NC(=O)c4cc5c(n([C@@H](C)C(C)C)c4=O)CCCC5=O)nc3)c2cc1OC. The number of methoxy groups -OCH3 is 2. The monoisotopic (exact) mass is 556 g/mol. The molecule has 3 aromatic heterocycles. The number of Topliss-reactive ketones (excluding diaryl/α,β-unsaturated/α-hetero) is 1. The number of pyridine rings is 3. The van der Waals surface area contributed by atoms with E-state index in [1.54, 1.807) is 55.3 Å². The van der Waals surface area contributed by atoms with Crippen LogP contribution in [0.5, 0.6) is 23.0 Å². The van der Waals surface area contributed by atoms with Gasteiger partial charge in [-0.3, -0.25) is 19.4 Å². The highest BCUT2D eigenvalue weighted by Gasteiger charge is 2.28. The van der Waals surface area contributed by atoms with Crippen LogP contribution in [0.15, 0.2) is 53.6 Å². The molecule has 1 aromatic carbocycles. The van der Waals surface area contributed by atoms with Gasteiger partial charge in [-0.15, -0.1) is 0 Å². The van der Waals surface area contributed by atoms with Crippen LogP contribution < -0.4 is 25.1 Å². The molecule has 41 heavy (non-hydrogen) atoms. The maximum absolute atomic E-state index is 13.5. The van der Waals surface area contributed by atoms with Crippen molar-refractivity contribution in [2.24, 2.45) is 5.92 Å². The van der Waals surface area contributed by atoms with Crippen molar-refractivity contribution in [3.63, 3.8) is 0 Å². The molecule has 1 aliphatic rings. The highest BCUT2D eigenvalue weighted by molar-refractivity contribution is 6.06. The lowest BCUT2D eigenvalue weighted by atomic mass is 9.91. The van der Waals surface area contributed by atoms with Gasteiger partial charge in [0.1, 0.15) is 22.9 Å². The molecule has 0 radical (unpaired) electrons. The Balaban J connectivity index is 1.40. The molecule has 5 rings (SSSR count). The zero-order valence-electron chi connectivity index (χ0n) is 23.7. The first-order valence-corrected chi connectivity index (χ1v) is 13.5. The third-order valence-electron chi connectivity index (χ3n) is 7.49. The van der Waals surface area contributed by atoms with Crippen molar-refractivity contribution in [3.05, 3.63) is 76.0 Å². The molecule has 0 spiro atoms. The zero-order valence-corrected chi connectivity index (χ0v) is 23.7. The first kappa shape index (κ1) is 27.8. The Labute approximate surface area is 237 Å². The molecule has 1 amide bonds. The number of nitrogens with zero attached hydrogens (tertiary/aromatic N) is 3. The second kappa shape index (κ2) is 11.4. The second-order valence-corrected chi connectivity index (χ2v) is 10.3. The third kappa shape index (κ3) is 5.37. The van der Waals surface area contributed by atoms with Gasteiger partial charge in [0.25, 0.3) is 11.5 Å². The number of carbonyl (C=O) groups is 2. The fourth-order valence-electron chi connectivity index (χ4n) is 4.97. The van der Waals surface area contributed by atoms with Gasteiger partial charge >= 0.3 is 0 Å². The van der Waals surface area contributed by atoms with E-state index < -0.39 is 11.5 Å². The van der Waals surface area contributed by atoms with Crippen molar-refractivity contribution in [2.45, 2.75) is 46.1 Å². The molecular formula is C31H32N4O6. The van der Waals surface area contributed by atoms with Crippen LogP contribution in [0.2, 0.25) is 0 Å². The first-order chi connectivity index (χ1) is 19.7. The molecule has 0 bridgehead atoms. The summed E-state index contributed by atoms with van der Waals surface area (Å²) < 4.78 is 18.5. The molecule has 4 aromatic rings. The van der Waals surface area contributed by atoms with E-state index in [0.717, 1.165) is 5.39 Å². The quantitative estimate of drug-likeness (QED) is 0.298. The average molecular weight is 557 g/mol. The molecule has 0 unspecified atom stereocenters. The van der Waals surface area contributed by atoms with Gasteiger partial charge in [-0.05, 0) is 56.0 Å². The first-order valence-electron chi connectivity index (χ1n) is 13.5. The van der Waals surface area contributed by atoms with E-state index in [1.165, 1.54) is 12.3 Å². The van der Waals surface area contributed by atoms with Crippen molar-refractivity contribution in [1.82, 2.24) is 14.5 Å². The van der Waals surface area contributed by atoms with E-state index in [4.69, 9.17) is 14.2 Å². The summed E-state index contributed by atoms with van der Waals surface area (Å²) in [5.41, 5.74) is 1.33. The van der Waals surface area contributed by atoms with Crippen molar-refractivity contribution in [1.29, 1.82) is 0 Å². The predicted octanol–water partition coefficient (Wildman–Crippen LogP) is 5.59. The van der Waals surface area contributed by atoms with Gasteiger partial charge in [-0.2, -0.15) is 0 Å². The van der Waals surface area contributed by atoms with Gasteiger partial charge in [0.15, 0.2) is 17.3 Å². The standard InChI is InChI=1S/C31H32N4O6/c1-17(2)18(3)35-24-7-6-8-25(36)21(24)13-22(31(35)38)30(37)34-29-10-9-19(16-33-29)41-26-11-12-32-23-15-28(40-5)27(39-4)14-20(23)26/h9-18H,6-8H2,1-5H3,(H,33,34,37)/t18-/m0/s1. The number of nitrogens with one attached hydrogen (secondary N) is 1. The summed E-state index contributed by atoms with van der Waals surface area (Å²) in [7, 11) is 3.11. The number of anilines is 1. The fraction of sp³-hybridized carbons (Fsp3) is 0.323. The molecule has 10 heteroatoms. The van der Waals surface area contributed by atoms with E-state index in [0.29, 0.717) is 59.0 Å². The highest BCUT2D eigenvalue weighted by Crippen LogP contribution is 2.37. The van der Waals surface area contributed by atoms with Crippen LogP contribution in [-0.4, -0.2) is 40.4 Å². The second-order valence-electron chi connectivity index (χ2n) is 10.3. The molecule has 0 saturated heterocycles. The molecule has 0 saturated carbocycles. The largest absolute Gasteiger partial charge is 0.493 e. The van der Waals surface area contributed by atoms with Crippen LogP contribution in [0.1, 0.15) is 66.1 Å². The minimum atomic E-state index is -0.622. The third-order valence-corrected chi connectivity index (χ3v) is 7.49. The van der Waals surface area contributed by atoms with Gasteiger partial charge in [0, 0.05) is 41.4 Å². The topological polar surface area (TPSA) is 122 Å². The smallest absolute Gasteiger partial charge is 0.263 e. The molecule has 1 aliphatic carbocycles. The van der Waals surface area contributed by atoms with Gasteiger partial charge in [-0.1, -0.05) is 13.8 Å². The van der Waals surface area contributed by atoms with Crippen molar-refractivity contribution in [2.75, 3.05) is 19.5 Å². The van der Waals surface area contributed by atoms with Crippen LogP contribution >= 0.6 is 0 Å². The number of ether oxygens (including phenoxy) is 3. The van der Waals surface area contributed by atoms with Crippen LogP contribution in [0.4, 0.5) is 5.82 Å². The number of fused-ring (bicyclic) bond motifs is 2. The van der Waals surface area contributed by atoms with Crippen LogP contribution in [0.25, 0.3) is 10.9 Å². The summed E-state index contributed by atoms with van der Waals surface area (Å²) in [5.74, 6) is 1.76. The highest BCUT2D eigenvalue weighted by atomic mass is 16.5. The van der Waals surface area contributed by atoms with Crippen LogP contribution in [0.3, 0.4) is 0 Å². The number of rotatable bonds is 8. The van der Waals surface area contributed by atoms with Crippen molar-refractivity contribution < 1.29 is 23.8 Å². The zero-order chi connectivity index (χ0) is 29.3. The fourth-order valence-corrected chi connectivity index (χ4v) is 4.97. The summed E-state index contributed by atoms with van der Waals surface area (Å²) in [5, 5.41) is 3.41. The minimum absolute atomic E-state index is 0.0515. The molecule has 1 atom stereocenters. The lowest BCUT2D eigenvalue weighted by Gasteiger charge is -2.27. The van der Waals surface area contributed by atoms with Gasteiger partial charge in [-0.25, -0.2) is 4.98 Å². The van der Waals surface area contributed by atoms with Crippen LogP contribution in [-0.2, 0) is 6.42 Å². The Bertz CT molecular complexity index is 1690. The van der Waals surface area contributed by atoms with E-state index in [-0.39, 0.29) is 29.1 Å². The predicted molar refractivity (Wildman–Crippen MR) is 155 cm³/mol. The molecular weight excluding hydrogens is 524 g/mol. The molecule has 0 fully saturated rings. The number of benzene rings is 1. The molecule has 3 heterocycles. The molecule has 0 aliphatic heterocycles. The maximum Gasteiger partial charge on any atom is 0.263 e. The minimum Gasteiger partial charge on any atom is -0.493 e. The van der Waals surface area contributed by atoms with E-state index in [2.05, 4.69) is 15.3 Å². The summed E-state index contributed by atoms with van der Waals surface area (Å²) >= 11 is 0. The Morgan fingerprint density at radius 3 is 2.39 bits per heavy atom. The van der Waals surface area contributed by atoms with Crippen molar-refractivity contribution in [3.8, 4) is 23.0 Å². The Morgan fingerprint density at radius 2 is 1.71 bits per heavy atom.